The Hall–Kier alpha value is -1.22. The molecule has 1 nitrogen and oxygen atoms in total. The third-order valence-corrected chi connectivity index (χ3v) is 3.37. The lowest BCUT2D eigenvalue weighted by molar-refractivity contribution is 0.0985. The highest BCUT2D eigenvalue weighted by atomic mass is 32.1. The summed E-state index contributed by atoms with van der Waals surface area (Å²) in [5.74, 6) is -0.0991. The molecule has 1 aromatic heterocycles. The smallest absolute Gasteiger partial charge is 0.172 e. The summed E-state index contributed by atoms with van der Waals surface area (Å²) in [6, 6.07) is 6.45. The van der Waals surface area contributed by atoms with Crippen LogP contribution in [0.3, 0.4) is 0 Å². The third-order valence-electron chi connectivity index (χ3n) is 2.23. The van der Waals surface area contributed by atoms with Crippen LogP contribution in [-0.2, 0) is 0 Å². The van der Waals surface area contributed by atoms with Crippen molar-refractivity contribution in [1.29, 1.82) is 0 Å². The largest absolute Gasteiger partial charge is 0.293 e. The highest BCUT2D eigenvalue weighted by molar-refractivity contribution is 7.20. The molecule has 2 rings (SSSR count). The van der Waals surface area contributed by atoms with E-state index >= 15 is 0 Å². The molecule has 0 aliphatic carbocycles. The Bertz CT molecular complexity index is 501. The predicted molar refractivity (Wildman–Crippen MR) is 61.0 cm³/mol. The molecule has 0 radical (unpaired) electrons. The molecule has 0 atom stereocenters. The molecule has 1 heterocycles. The fourth-order valence-corrected chi connectivity index (χ4v) is 2.55. The Morgan fingerprint density at radius 3 is 2.93 bits per heavy atom. The van der Waals surface area contributed by atoms with E-state index < -0.39 is 0 Å². The monoisotopic (exact) mass is 222 g/mol. The van der Waals surface area contributed by atoms with Crippen LogP contribution in [-0.4, -0.2) is 5.78 Å². The lowest BCUT2D eigenvalue weighted by Crippen LogP contribution is -1.93. The summed E-state index contributed by atoms with van der Waals surface area (Å²) in [5.41, 5.74) is 0. The molecule has 78 valence electrons. The summed E-state index contributed by atoms with van der Waals surface area (Å²) in [7, 11) is 0. The fraction of sp³-hybridized carbons (Fsp3) is 0.250. The van der Waals surface area contributed by atoms with Crippen molar-refractivity contribution in [3.63, 3.8) is 0 Å². The molecule has 0 unspecified atom stereocenters. The van der Waals surface area contributed by atoms with Gasteiger partial charge in [-0.1, -0.05) is 13.0 Å². The van der Waals surface area contributed by atoms with Crippen molar-refractivity contribution in [1.82, 2.24) is 0 Å². The van der Waals surface area contributed by atoms with Crippen molar-refractivity contribution in [3.05, 3.63) is 35.0 Å². The number of fused-ring (bicyclic) bond motifs is 1. The molecule has 0 saturated carbocycles. The molecular weight excluding hydrogens is 211 g/mol. The van der Waals surface area contributed by atoms with Crippen LogP contribution in [0, 0.1) is 5.82 Å². The van der Waals surface area contributed by atoms with E-state index in [1.54, 1.807) is 6.07 Å². The maximum absolute atomic E-state index is 12.9. The quantitative estimate of drug-likeness (QED) is 0.717. The van der Waals surface area contributed by atoms with Crippen molar-refractivity contribution >= 4 is 27.2 Å². The highest BCUT2D eigenvalue weighted by Gasteiger charge is 2.09. The Morgan fingerprint density at radius 2 is 2.20 bits per heavy atom. The number of carbonyl (C=O) groups excluding carboxylic acids is 1. The molecular formula is C12H11FOS. The first kappa shape index (κ1) is 10.3. The minimum atomic E-state index is -0.251. The summed E-state index contributed by atoms with van der Waals surface area (Å²) in [4.78, 5) is 12.3. The van der Waals surface area contributed by atoms with Gasteiger partial charge in [-0.25, -0.2) is 4.39 Å². The van der Waals surface area contributed by atoms with Gasteiger partial charge in [-0.3, -0.25) is 4.79 Å². The summed E-state index contributed by atoms with van der Waals surface area (Å²) in [6.45, 7) is 1.98. The van der Waals surface area contributed by atoms with Crippen molar-refractivity contribution in [3.8, 4) is 0 Å². The second-order valence-electron chi connectivity index (χ2n) is 3.47. The van der Waals surface area contributed by atoms with Crippen LogP contribution >= 0.6 is 11.3 Å². The van der Waals surface area contributed by atoms with E-state index in [1.807, 2.05) is 13.0 Å². The molecule has 3 heteroatoms. The Balaban J connectivity index is 2.42. The summed E-state index contributed by atoms with van der Waals surface area (Å²) in [6.07, 6.45) is 1.41. The molecule has 1 aromatic carbocycles. The molecule has 0 aliphatic rings. The first-order chi connectivity index (χ1) is 7.20. The van der Waals surface area contributed by atoms with E-state index in [0.717, 1.165) is 21.4 Å². The Labute approximate surface area is 91.5 Å². The van der Waals surface area contributed by atoms with Crippen LogP contribution in [0.5, 0.6) is 0 Å². The van der Waals surface area contributed by atoms with Crippen LogP contribution in [0.25, 0.3) is 10.1 Å². The summed E-state index contributed by atoms with van der Waals surface area (Å²) < 4.78 is 13.8. The molecule has 0 fully saturated rings. The SMILES string of the molecule is CCCC(=O)c1cc2ccc(F)cc2s1. The first-order valence-corrected chi connectivity index (χ1v) is 5.74. The van der Waals surface area contributed by atoms with Gasteiger partial charge in [0.05, 0.1) is 4.88 Å². The number of thiophene rings is 1. The molecule has 0 amide bonds. The normalized spacial score (nSPS) is 10.8. The van der Waals surface area contributed by atoms with Gasteiger partial charge in [0.1, 0.15) is 5.82 Å². The number of rotatable bonds is 3. The van der Waals surface area contributed by atoms with Crippen molar-refractivity contribution in [2.75, 3.05) is 0 Å². The molecule has 0 aliphatic heterocycles. The van der Waals surface area contributed by atoms with Crippen molar-refractivity contribution < 1.29 is 9.18 Å². The highest BCUT2D eigenvalue weighted by Crippen LogP contribution is 2.27. The second-order valence-corrected chi connectivity index (χ2v) is 4.55. The topological polar surface area (TPSA) is 17.1 Å². The van der Waals surface area contributed by atoms with E-state index in [-0.39, 0.29) is 11.6 Å². The lowest BCUT2D eigenvalue weighted by Gasteiger charge is -1.90. The zero-order valence-corrected chi connectivity index (χ0v) is 9.23. The second kappa shape index (κ2) is 4.11. The van der Waals surface area contributed by atoms with Gasteiger partial charge in [0, 0.05) is 11.1 Å². The molecule has 0 N–H and O–H groups in total. The predicted octanol–water partition coefficient (Wildman–Crippen LogP) is 4.02. The average Bonchev–Trinajstić information content (AvgIpc) is 2.60. The van der Waals surface area contributed by atoms with Gasteiger partial charge >= 0.3 is 0 Å². The van der Waals surface area contributed by atoms with E-state index in [2.05, 4.69) is 0 Å². The maximum atomic E-state index is 12.9. The van der Waals surface area contributed by atoms with Gasteiger partial charge in [0.2, 0.25) is 0 Å². The van der Waals surface area contributed by atoms with Crippen LogP contribution in [0.4, 0.5) is 4.39 Å². The third kappa shape index (κ3) is 2.07. The average molecular weight is 222 g/mol. The zero-order valence-electron chi connectivity index (χ0n) is 8.42. The summed E-state index contributed by atoms with van der Waals surface area (Å²) >= 11 is 1.37. The van der Waals surface area contributed by atoms with Gasteiger partial charge < -0.3 is 0 Å². The standard InChI is InChI=1S/C12H11FOS/c1-2-3-10(14)12-6-8-4-5-9(13)7-11(8)15-12/h4-7H,2-3H2,1H3. The van der Waals surface area contributed by atoms with E-state index in [4.69, 9.17) is 0 Å². The molecule has 15 heavy (non-hydrogen) atoms. The number of ketones is 1. The molecule has 0 bridgehead atoms. The minimum absolute atomic E-state index is 0.152. The van der Waals surface area contributed by atoms with Gasteiger partial charge in [-0.15, -0.1) is 11.3 Å². The van der Waals surface area contributed by atoms with Crippen LogP contribution < -0.4 is 0 Å². The maximum Gasteiger partial charge on any atom is 0.172 e. The molecule has 0 saturated heterocycles. The van der Waals surface area contributed by atoms with Crippen LogP contribution in [0.1, 0.15) is 29.4 Å². The number of carbonyl (C=O) groups is 1. The molecule has 2 aromatic rings. The van der Waals surface area contributed by atoms with E-state index in [1.165, 1.54) is 23.5 Å². The van der Waals surface area contributed by atoms with E-state index in [0.29, 0.717) is 6.42 Å². The number of hydrogen-bond donors (Lipinski definition) is 0. The first-order valence-electron chi connectivity index (χ1n) is 4.93. The number of hydrogen-bond acceptors (Lipinski definition) is 2. The summed E-state index contributed by atoms with van der Waals surface area (Å²) in [5, 5.41) is 0.945. The number of Topliss-reactive ketones (excluding diaryl/α,β-unsaturated/α-hetero) is 1. The Morgan fingerprint density at radius 1 is 1.40 bits per heavy atom. The van der Waals surface area contributed by atoms with Gasteiger partial charge in [0.25, 0.3) is 0 Å². The van der Waals surface area contributed by atoms with Gasteiger partial charge in [0.15, 0.2) is 5.78 Å². The van der Waals surface area contributed by atoms with E-state index in [9.17, 15) is 9.18 Å². The van der Waals surface area contributed by atoms with Crippen LogP contribution in [0.2, 0.25) is 0 Å². The van der Waals surface area contributed by atoms with Crippen molar-refractivity contribution in [2.45, 2.75) is 19.8 Å². The number of benzene rings is 1. The fourth-order valence-electron chi connectivity index (χ4n) is 1.49. The Kier molecular flexibility index (Phi) is 2.82. The zero-order chi connectivity index (χ0) is 10.8. The van der Waals surface area contributed by atoms with Gasteiger partial charge in [-0.05, 0) is 30.0 Å². The van der Waals surface area contributed by atoms with Gasteiger partial charge in [-0.2, -0.15) is 0 Å². The van der Waals surface area contributed by atoms with Crippen LogP contribution in [0.15, 0.2) is 24.3 Å². The number of halogens is 1. The molecule has 0 spiro atoms. The minimum Gasteiger partial charge on any atom is -0.293 e. The van der Waals surface area contributed by atoms with Crippen molar-refractivity contribution in [2.24, 2.45) is 0 Å². The lowest BCUT2D eigenvalue weighted by atomic mass is 10.2.